The molecule has 2 aliphatic heterocycles. The third-order valence-electron chi connectivity index (χ3n) is 8.91. The molecule has 6 rings (SSSR count). The lowest BCUT2D eigenvalue weighted by atomic mass is 9.70. The Balaban J connectivity index is 1.36. The maximum Gasteiger partial charge on any atom is 0.417 e. The number of nitrogens with zero attached hydrogens (tertiary/aromatic N) is 2. The molecule has 1 atom stereocenters. The fourth-order valence-electron chi connectivity index (χ4n) is 6.53. The van der Waals surface area contributed by atoms with Gasteiger partial charge in [0, 0.05) is 17.2 Å². The van der Waals surface area contributed by atoms with Gasteiger partial charge in [0.05, 0.1) is 51.0 Å². The van der Waals surface area contributed by atoms with Gasteiger partial charge in [-0.25, -0.2) is 16.8 Å². The summed E-state index contributed by atoms with van der Waals surface area (Å²) >= 11 is 5.99. The van der Waals surface area contributed by atoms with Gasteiger partial charge in [-0.3, -0.25) is 14.1 Å². The van der Waals surface area contributed by atoms with Gasteiger partial charge >= 0.3 is 12.8 Å². The number of rotatable bonds is 8. The first-order valence-electron chi connectivity index (χ1n) is 14.5. The van der Waals surface area contributed by atoms with Gasteiger partial charge in [0.2, 0.25) is 0 Å². The summed E-state index contributed by atoms with van der Waals surface area (Å²) in [5.41, 5.74) is -1.11. The third kappa shape index (κ3) is 6.38. The highest BCUT2D eigenvalue weighted by Crippen LogP contribution is 2.59. The summed E-state index contributed by atoms with van der Waals surface area (Å²) in [5, 5.41) is 2.29. The lowest BCUT2D eigenvalue weighted by molar-refractivity contribution is -0.137. The minimum absolute atomic E-state index is 0.000770. The molecule has 9 nitrogen and oxygen atoms in total. The summed E-state index contributed by atoms with van der Waals surface area (Å²) in [6.07, 6.45) is -2.40. The minimum Gasteiger partial charge on any atom is -0.435 e. The van der Waals surface area contributed by atoms with Crippen molar-refractivity contribution in [1.29, 1.82) is 0 Å². The van der Waals surface area contributed by atoms with Crippen LogP contribution >= 0.6 is 11.6 Å². The molecular formula is C30H27ClF5N3O6S2. The number of hydrogen-bond donors (Lipinski definition) is 1. The van der Waals surface area contributed by atoms with E-state index in [-0.39, 0.29) is 69.4 Å². The first-order chi connectivity index (χ1) is 22.0. The van der Waals surface area contributed by atoms with Crippen molar-refractivity contribution in [3.63, 3.8) is 0 Å². The quantitative estimate of drug-likeness (QED) is 0.296. The van der Waals surface area contributed by atoms with Gasteiger partial charge in [0.25, 0.3) is 15.9 Å². The zero-order chi connectivity index (χ0) is 33.9. The molecule has 1 aliphatic carbocycles. The molecule has 1 saturated carbocycles. The number of anilines is 1. The predicted octanol–water partition coefficient (Wildman–Crippen LogP) is 5.72. The average molecular weight is 720 g/mol. The molecule has 3 heterocycles. The molecule has 17 heteroatoms. The smallest absolute Gasteiger partial charge is 0.417 e. The van der Waals surface area contributed by atoms with E-state index in [4.69, 9.17) is 11.6 Å². The SMILES string of the molecule is O=C(NCc1ncc(C(F)(F)F)cc1Cl)c1ccc2c(c1)C1(CCS(=O)(=O)CC1)C(C1CC1)N2S(=O)(=O)c1ccc(OC(F)F)cc1. The van der Waals surface area contributed by atoms with Crippen molar-refractivity contribution < 1.29 is 48.3 Å². The normalized spacial score (nSPS) is 20.3. The standard InChI is InChI=1S/C30H27ClF5N3O6S2/c31-23-14-19(30(34,35)36)15-37-24(23)16-38-27(40)18-3-8-25-22(13-18)29(9-11-46(41,42)12-10-29)26(17-1-2-17)39(25)47(43,44)21-6-4-20(5-7-21)45-28(32)33/h3-8,13-15,17,26,28H,1-2,9-12,16H2,(H,38,40). The number of carbonyl (C=O) groups is 1. The van der Waals surface area contributed by atoms with Crippen LogP contribution in [-0.2, 0) is 38.0 Å². The zero-order valence-electron chi connectivity index (χ0n) is 24.3. The number of sulfonamides is 1. The molecule has 252 valence electrons. The van der Waals surface area contributed by atoms with Crippen LogP contribution in [-0.4, -0.2) is 51.9 Å². The summed E-state index contributed by atoms with van der Waals surface area (Å²) < 4.78 is 124. The van der Waals surface area contributed by atoms with Crippen molar-refractivity contribution in [2.75, 3.05) is 15.8 Å². The number of nitrogens with one attached hydrogen (secondary N) is 1. The van der Waals surface area contributed by atoms with Crippen LogP contribution in [0.1, 0.15) is 52.9 Å². The molecule has 3 aliphatic rings. The van der Waals surface area contributed by atoms with Crippen LogP contribution < -0.4 is 14.4 Å². The maximum absolute atomic E-state index is 14.3. The number of carbonyl (C=O) groups excluding carboxylic acids is 1. The van der Waals surface area contributed by atoms with Gasteiger partial charge in [-0.05, 0) is 85.7 Å². The summed E-state index contributed by atoms with van der Waals surface area (Å²) in [7, 11) is -7.71. The van der Waals surface area contributed by atoms with Gasteiger partial charge in [-0.2, -0.15) is 22.0 Å². The highest BCUT2D eigenvalue weighted by atomic mass is 35.5. The van der Waals surface area contributed by atoms with Crippen LogP contribution in [0.2, 0.25) is 5.02 Å². The number of hydrogen-bond acceptors (Lipinski definition) is 7. The Kier molecular flexibility index (Phi) is 8.44. The van der Waals surface area contributed by atoms with E-state index < -0.39 is 55.6 Å². The number of fused-ring (bicyclic) bond motifs is 2. The van der Waals surface area contributed by atoms with Gasteiger partial charge in [0.15, 0.2) is 0 Å². The molecular weight excluding hydrogens is 693 g/mol. The van der Waals surface area contributed by atoms with Crippen molar-refractivity contribution in [2.24, 2.45) is 5.92 Å². The Morgan fingerprint density at radius 2 is 1.74 bits per heavy atom. The van der Waals surface area contributed by atoms with Gasteiger partial charge in [-0.1, -0.05) is 11.6 Å². The van der Waals surface area contributed by atoms with Gasteiger partial charge < -0.3 is 10.1 Å². The summed E-state index contributed by atoms with van der Waals surface area (Å²) in [5.74, 6) is -1.32. The lowest BCUT2D eigenvalue weighted by Gasteiger charge is -2.41. The molecule has 1 unspecified atom stereocenters. The molecule has 2 aromatic carbocycles. The van der Waals surface area contributed by atoms with Crippen LogP contribution in [0.3, 0.4) is 0 Å². The Morgan fingerprint density at radius 1 is 1.09 bits per heavy atom. The highest BCUT2D eigenvalue weighted by Gasteiger charge is 2.60. The topological polar surface area (TPSA) is 123 Å². The summed E-state index contributed by atoms with van der Waals surface area (Å²) in [6, 6.07) is 9.03. The molecule has 3 aromatic rings. The van der Waals surface area contributed by atoms with E-state index in [0.717, 1.165) is 24.3 Å². The van der Waals surface area contributed by atoms with Crippen LogP contribution in [0.25, 0.3) is 0 Å². The Bertz CT molecular complexity index is 1920. The van der Waals surface area contributed by atoms with Gasteiger partial charge in [-0.15, -0.1) is 0 Å². The third-order valence-corrected chi connectivity index (χ3v) is 12.7. The second-order valence-electron chi connectivity index (χ2n) is 11.8. The van der Waals surface area contributed by atoms with E-state index in [1.807, 2.05) is 0 Å². The van der Waals surface area contributed by atoms with Crippen LogP contribution in [0.5, 0.6) is 5.75 Å². The number of ether oxygens (including phenoxy) is 1. The summed E-state index contributed by atoms with van der Waals surface area (Å²) in [4.78, 5) is 16.9. The van der Waals surface area contributed by atoms with E-state index in [9.17, 15) is 43.6 Å². The van der Waals surface area contributed by atoms with Gasteiger partial charge in [0.1, 0.15) is 15.6 Å². The summed E-state index contributed by atoms with van der Waals surface area (Å²) in [6.45, 7) is -3.40. The van der Waals surface area contributed by atoms with E-state index in [2.05, 4.69) is 15.0 Å². The monoisotopic (exact) mass is 719 g/mol. The largest absolute Gasteiger partial charge is 0.435 e. The first-order valence-corrected chi connectivity index (χ1v) is 18.1. The molecule has 0 bridgehead atoms. The number of benzene rings is 2. The van der Waals surface area contributed by atoms with Crippen molar-refractivity contribution in [1.82, 2.24) is 10.3 Å². The number of sulfone groups is 1. The van der Waals surface area contributed by atoms with E-state index in [0.29, 0.717) is 30.7 Å². The number of pyridine rings is 1. The number of amides is 1. The zero-order valence-corrected chi connectivity index (χ0v) is 26.7. The van der Waals surface area contributed by atoms with Crippen molar-refractivity contribution in [3.05, 3.63) is 82.1 Å². The van der Waals surface area contributed by atoms with E-state index >= 15 is 0 Å². The van der Waals surface area contributed by atoms with Crippen LogP contribution in [0.4, 0.5) is 27.6 Å². The van der Waals surface area contributed by atoms with Crippen molar-refractivity contribution in [2.45, 2.75) is 61.4 Å². The predicted molar refractivity (Wildman–Crippen MR) is 161 cm³/mol. The Labute approximate surface area is 272 Å². The van der Waals surface area contributed by atoms with Crippen LogP contribution in [0.15, 0.2) is 59.6 Å². The van der Waals surface area contributed by atoms with E-state index in [1.54, 1.807) is 0 Å². The first kappa shape index (κ1) is 33.4. The Hall–Kier alpha value is -3.50. The number of aromatic nitrogens is 1. The molecule has 1 amide bonds. The average Bonchev–Trinajstić information content (AvgIpc) is 3.80. The molecule has 2 fully saturated rings. The second kappa shape index (κ2) is 11.9. The lowest BCUT2D eigenvalue weighted by Crippen LogP contribution is -2.52. The second-order valence-corrected chi connectivity index (χ2v) is 16.3. The highest BCUT2D eigenvalue weighted by molar-refractivity contribution is 7.93. The molecule has 0 radical (unpaired) electrons. The molecule has 1 saturated heterocycles. The van der Waals surface area contributed by atoms with Crippen LogP contribution in [0, 0.1) is 5.92 Å². The molecule has 1 N–H and O–H groups in total. The number of alkyl halides is 5. The molecule has 1 spiro atoms. The fourth-order valence-corrected chi connectivity index (χ4v) is 10.1. The molecule has 47 heavy (non-hydrogen) atoms. The minimum atomic E-state index is -4.65. The van der Waals surface area contributed by atoms with Crippen molar-refractivity contribution >= 4 is 43.1 Å². The Morgan fingerprint density at radius 3 is 2.32 bits per heavy atom. The number of halogens is 6. The fraction of sp³-hybridized carbons (Fsp3) is 0.400. The van der Waals surface area contributed by atoms with Crippen molar-refractivity contribution in [3.8, 4) is 5.75 Å². The van der Waals surface area contributed by atoms with E-state index in [1.165, 1.54) is 22.5 Å². The molecule has 1 aromatic heterocycles. The maximum atomic E-state index is 14.3.